The molecule has 149 heavy (non-hydrogen) atoms. The van der Waals surface area contributed by atoms with E-state index in [1.54, 1.807) is 12.4 Å². The Kier molecular flexibility index (Phi) is 45.9. The molecule has 13 aromatic carbocycles. The summed E-state index contributed by atoms with van der Waals surface area (Å²) < 4.78 is 2.04. The molecular formula is C136H111Ir4N9-5. The minimum atomic E-state index is 0. The van der Waals surface area contributed by atoms with Crippen molar-refractivity contribution in [2.75, 3.05) is 0 Å². The summed E-state index contributed by atoms with van der Waals surface area (Å²) in [4.78, 5) is 36.2. The van der Waals surface area contributed by atoms with Gasteiger partial charge in [-0.05, 0) is 215 Å². The van der Waals surface area contributed by atoms with E-state index in [0.717, 1.165) is 158 Å². The van der Waals surface area contributed by atoms with E-state index in [0.29, 0.717) is 5.92 Å². The predicted molar refractivity (Wildman–Crippen MR) is 593 cm³/mol. The smallest absolute Gasteiger partial charge is 0.305 e. The number of hydrogen-bond donors (Lipinski definition) is 0. The van der Waals surface area contributed by atoms with Crippen LogP contribution < -0.4 is 4.57 Å². The summed E-state index contributed by atoms with van der Waals surface area (Å²) in [6, 6.07) is 177. The van der Waals surface area contributed by atoms with Crippen LogP contribution in [0.25, 0.3) is 129 Å². The Balaban J connectivity index is 0.000000165. The third kappa shape index (κ3) is 35.0. The zero-order chi connectivity index (χ0) is 99.5. The van der Waals surface area contributed by atoms with E-state index >= 15 is 0 Å². The van der Waals surface area contributed by atoms with E-state index in [9.17, 15) is 0 Å². The summed E-state index contributed by atoms with van der Waals surface area (Å²) in [7, 11) is 0. The van der Waals surface area contributed by atoms with Gasteiger partial charge in [-0.2, -0.15) is 0 Å². The van der Waals surface area contributed by atoms with Crippen LogP contribution in [0.15, 0.2) is 492 Å². The van der Waals surface area contributed by atoms with Gasteiger partial charge in [-0.3, -0.25) is 4.57 Å². The molecule has 0 aliphatic carbocycles. The fourth-order valence-corrected chi connectivity index (χ4v) is 16.4. The summed E-state index contributed by atoms with van der Waals surface area (Å²) in [5.41, 5.74) is 37.1. The second-order valence-electron chi connectivity index (χ2n) is 35.1. The fourth-order valence-electron chi connectivity index (χ4n) is 16.4. The normalized spacial score (nSPS) is 10.2. The molecule has 9 heterocycles. The standard InChI is InChI=1S/C45H37N3.3C18H14N.C15H16N.2C11H8N.4Ir/c1-4-12-40(13-5-1)44-27-22-37(33-46-44)20-25-39-24-19-36(18-17-35-11-10-16-43(32-35)48-29-8-3-9-30-48)31-42(39)26-21-38-23-28-45(47-34-38)41-14-6-2-7-15-41;1-14-12-18(16-10-6-3-7-11-16)19-13-17(14)15-8-4-2-5-9-15;1-14-7-5-12-18(19-14)17-11-6-10-16(13-17)15-8-3-2-4-9-15;1-14-7-5-6-10-17(14)16-11-12-18(19-13-16)15-8-3-2-4-9-15;1-12(2)11-14-9-6-10-15(16-14)13-7-4-3-5-8-13;2*1-2-6-10(7-3-1)11-8-4-5-9-12-11;;;;/h1-12,14,16,19,22-24,27-29,31-34H,17-18,20-21,25-26H2;2*2-10,12-13H,1H3;2-8,10-13H,1H3;3-7,9-10,12H,11H2,1-2H3;2*1-6,8-9H;;;;/q-2;6*-1;;;;+3. The number of hydrogen-bond acceptors (Lipinski definition) is 8. The van der Waals surface area contributed by atoms with E-state index in [1.165, 1.54) is 72.3 Å². The molecule has 3 radical (unpaired) electrons. The molecule has 0 spiro atoms. The average molecular weight is 2640 g/mol. The third-order valence-corrected chi connectivity index (χ3v) is 24.0. The van der Waals surface area contributed by atoms with Crippen molar-refractivity contribution in [2.45, 2.75) is 79.6 Å². The first-order valence-electron chi connectivity index (χ1n) is 49.1. The molecule has 13 heteroatoms. The van der Waals surface area contributed by atoms with Gasteiger partial charge in [-0.1, -0.05) is 238 Å². The third-order valence-electron chi connectivity index (χ3n) is 24.0. The number of nitrogens with zero attached hydrogens (tertiary/aromatic N) is 9. The van der Waals surface area contributed by atoms with Crippen molar-refractivity contribution >= 4 is 0 Å². The van der Waals surface area contributed by atoms with Gasteiger partial charge in [0.25, 0.3) is 0 Å². The first-order chi connectivity index (χ1) is 71.5. The molecule has 9 aromatic heterocycles. The van der Waals surface area contributed by atoms with Crippen LogP contribution >= 0.6 is 0 Å². The van der Waals surface area contributed by atoms with E-state index < -0.39 is 0 Å². The van der Waals surface area contributed by atoms with Crippen LogP contribution in [0.5, 0.6) is 0 Å². The van der Waals surface area contributed by atoms with Gasteiger partial charge in [-0.25, -0.2) is 0 Å². The van der Waals surface area contributed by atoms with Crippen LogP contribution in [0.4, 0.5) is 0 Å². The van der Waals surface area contributed by atoms with Crippen molar-refractivity contribution in [1.29, 1.82) is 0 Å². The molecule has 22 aromatic rings. The van der Waals surface area contributed by atoms with E-state index in [4.69, 9.17) is 9.97 Å². The van der Waals surface area contributed by atoms with Crippen LogP contribution in [0.3, 0.4) is 0 Å². The minimum Gasteiger partial charge on any atom is -0.305 e. The molecule has 0 saturated carbocycles. The average Bonchev–Trinajstić information content (AvgIpc) is 0.856. The first-order valence-corrected chi connectivity index (χ1v) is 49.1. The topological polar surface area (TPSA) is 107 Å². The van der Waals surface area contributed by atoms with Gasteiger partial charge in [0.2, 0.25) is 0 Å². The van der Waals surface area contributed by atoms with Crippen LogP contribution in [0, 0.1) is 81.4 Å². The van der Waals surface area contributed by atoms with Gasteiger partial charge in [0, 0.05) is 114 Å². The van der Waals surface area contributed by atoms with Gasteiger partial charge in [-0.15, -0.1) is 293 Å². The minimum absolute atomic E-state index is 0. The largest absolute Gasteiger partial charge is 3.00 e. The Labute approximate surface area is 934 Å². The molecule has 0 N–H and O–H groups in total. The quantitative estimate of drug-likeness (QED) is 0.0460. The SMILES string of the molecule is CC(C)Cc1cccc(-c2[c-]cccc2)n1.Cc1cc(-c2[c-]cccc2)ncc1-c1ccccc1.Cc1cccc(-c2[c-]ccc(-c3ccccc3)c2)n1.Cc1ccccc1-c1ccc(-c2[c-]cccc2)nc1.[Ir+3].[Ir].[Ir].[Ir].[c-]1ccccc1-c1ccc(CCc2ccc(CCc3cccc(-[n+]4[c-]cccc4)c3)cc2CCc2ccc(-c3[c-]cccc3)nc2)cn1.[c-]1ccccc1-c1ccccn1.[c-]1ccccc1-c1ccccn1. The summed E-state index contributed by atoms with van der Waals surface area (Å²) >= 11 is 0. The van der Waals surface area contributed by atoms with Gasteiger partial charge >= 0.3 is 20.1 Å². The molecule has 0 aliphatic heterocycles. The molecule has 741 valence electrons. The van der Waals surface area contributed by atoms with Crippen molar-refractivity contribution in [3.63, 3.8) is 0 Å². The second kappa shape index (κ2) is 60.8. The summed E-state index contributed by atoms with van der Waals surface area (Å²) in [6.07, 6.45) is 23.6. The van der Waals surface area contributed by atoms with E-state index in [1.807, 2.05) is 315 Å². The molecule has 0 unspecified atom stereocenters. The Bertz CT molecular complexity index is 7470. The number of rotatable bonds is 23. The molecule has 0 bridgehead atoms. The molecule has 22 rings (SSSR count). The summed E-state index contributed by atoms with van der Waals surface area (Å²) in [5.74, 6) is 0.641. The molecule has 0 amide bonds. The molecule has 0 fully saturated rings. The molecule has 0 saturated heterocycles. The van der Waals surface area contributed by atoms with Gasteiger partial charge in [0.1, 0.15) is 5.69 Å². The van der Waals surface area contributed by atoms with E-state index in [2.05, 4.69) is 288 Å². The predicted octanol–water partition coefficient (Wildman–Crippen LogP) is 31.3. The second-order valence-corrected chi connectivity index (χ2v) is 35.1. The van der Waals surface area contributed by atoms with Crippen molar-refractivity contribution in [2.24, 2.45) is 5.92 Å². The Morgan fingerprint density at radius 3 is 1.14 bits per heavy atom. The number of aromatic nitrogens is 9. The zero-order valence-corrected chi connectivity index (χ0v) is 93.2. The van der Waals surface area contributed by atoms with Crippen molar-refractivity contribution in [3.8, 4) is 129 Å². The maximum atomic E-state index is 4.75. The molecule has 0 aliphatic rings. The van der Waals surface area contributed by atoms with Crippen LogP contribution in [0.2, 0.25) is 0 Å². The molecule has 0 atom stereocenters. The van der Waals surface area contributed by atoms with E-state index in [-0.39, 0.29) is 80.4 Å². The van der Waals surface area contributed by atoms with Crippen LogP contribution in [-0.2, 0) is 125 Å². The fraction of sp³-hybridized carbons (Fsp3) is 0.0956. The maximum absolute atomic E-state index is 4.75. The number of aryl methyl sites for hydroxylation is 9. The molecule has 9 nitrogen and oxygen atoms in total. The number of benzene rings is 13. The monoisotopic (exact) mass is 2640 g/mol. The number of pyridine rings is 9. The van der Waals surface area contributed by atoms with Crippen LogP contribution in [0.1, 0.15) is 69.7 Å². The van der Waals surface area contributed by atoms with Crippen molar-refractivity contribution in [1.82, 2.24) is 39.9 Å². The Hall–Kier alpha value is -15.2. The van der Waals surface area contributed by atoms with Gasteiger partial charge in [0.15, 0.2) is 6.20 Å². The summed E-state index contributed by atoms with van der Waals surface area (Å²) in [6.45, 7) is 10.7. The Morgan fingerprint density at radius 2 is 0.671 bits per heavy atom. The molecular weight excluding hydrogens is 2530 g/mol. The zero-order valence-electron chi connectivity index (χ0n) is 83.7. The van der Waals surface area contributed by atoms with Gasteiger partial charge in [0.05, 0.1) is 6.20 Å². The van der Waals surface area contributed by atoms with Crippen molar-refractivity contribution < 1.29 is 85.0 Å². The van der Waals surface area contributed by atoms with Gasteiger partial charge < -0.3 is 39.9 Å². The van der Waals surface area contributed by atoms with Crippen LogP contribution in [-0.4, -0.2) is 39.9 Å². The van der Waals surface area contributed by atoms with Crippen molar-refractivity contribution in [3.05, 3.63) is 603 Å². The summed E-state index contributed by atoms with van der Waals surface area (Å²) in [5, 5.41) is 0. The Morgan fingerprint density at radius 1 is 0.248 bits per heavy atom. The first kappa shape index (κ1) is 113. The maximum Gasteiger partial charge on any atom is 3.00 e.